The number of nitrogens with zero attached hydrogens (tertiary/aromatic N) is 4. The zero-order chi connectivity index (χ0) is 20.1. The molecule has 160 valence electrons. The van der Waals surface area contributed by atoms with Gasteiger partial charge < -0.3 is 9.80 Å². The van der Waals surface area contributed by atoms with Gasteiger partial charge in [0.05, 0.1) is 17.1 Å². The second-order valence-electron chi connectivity index (χ2n) is 10.2. The summed E-state index contributed by atoms with van der Waals surface area (Å²) < 4.78 is 0. The van der Waals surface area contributed by atoms with Crippen molar-refractivity contribution in [3.63, 3.8) is 0 Å². The Morgan fingerprint density at radius 3 is 2.83 bits per heavy atom. The molecule has 6 rings (SSSR count). The summed E-state index contributed by atoms with van der Waals surface area (Å²) in [6.45, 7) is 2.03. The van der Waals surface area contributed by atoms with Crippen molar-refractivity contribution in [2.24, 2.45) is 17.8 Å². The van der Waals surface area contributed by atoms with Crippen LogP contribution in [0.25, 0.3) is 10.9 Å². The fourth-order valence-electron chi connectivity index (χ4n) is 7.12. The summed E-state index contributed by atoms with van der Waals surface area (Å²) in [7, 11) is 0. The molecule has 4 aliphatic rings. The maximum absolute atomic E-state index is 13.1. The van der Waals surface area contributed by atoms with Crippen LogP contribution in [-0.4, -0.2) is 51.2 Å². The highest BCUT2D eigenvalue weighted by atomic mass is 16.2. The molecule has 0 spiro atoms. The quantitative estimate of drug-likeness (QED) is 0.831. The number of aromatic nitrogens is 3. The summed E-state index contributed by atoms with van der Waals surface area (Å²) >= 11 is 0. The lowest BCUT2D eigenvalue weighted by atomic mass is 9.69. The van der Waals surface area contributed by atoms with Gasteiger partial charge in [0, 0.05) is 37.8 Å². The van der Waals surface area contributed by atoms with Gasteiger partial charge in [0.1, 0.15) is 5.82 Å². The molecule has 1 saturated carbocycles. The van der Waals surface area contributed by atoms with Crippen LogP contribution < -0.4 is 4.90 Å². The Kier molecular flexibility index (Phi) is 4.69. The standard InChI is InChI=1S/C24H33N5O/c30-23-8-4-7-21-17-12-18(22(29(21)23)11-16-5-2-1-3-6-16)15-28(14-17)24-19-13-26-27-20(19)9-10-25-24/h9-10,13,16-18,21-22H,1-8,11-12,14-15H2,(H,26,27)/t17-,18+,21+,22+/m1/s1. The first-order valence-electron chi connectivity index (χ1n) is 12.1. The van der Waals surface area contributed by atoms with Crippen LogP contribution >= 0.6 is 0 Å². The van der Waals surface area contributed by atoms with Crippen LogP contribution in [0.15, 0.2) is 18.5 Å². The molecule has 3 aliphatic heterocycles. The van der Waals surface area contributed by atoms with Gasteiger partial charge >= 0.3 is 0 Å². The molecule has 4 fully saturated rings. The molecular formula is C24H33N5O. The van der Waals surface area contributed by atoms with Gasteiger partial charge in [-0.3, -0.25) is 9.89 Å². The van der Waals surface area contributed by atoms with E-state index in [0.717, 1.165) is 48.6 Å². The minimum absolute atomic E-state index is 0.425. The number of H-pyrrole nitrogens is 1. The molecule has 2 aromatic heterocycles. The van der Waals surface area contributed by atoms with E-state index in [1.54, 1.807) is 0 Å². The van der Waals surface area contributed by atoms with E-state index < -0.39 is 0 Å². The number of hydrogen-bond acceptors (Lipinski definition) is 4. The van der Waals surface area contributed by atoms with Crippen molar-refractivity contribution in [1.29, 1.82) is 0 Å². The zero-order valence-corrected chi connectivity index (χ0v) is 17.8. The number of rotatable bonds is 3. The molecule has 30 heavy (non-hydrogen) atoms. The average molecular weight is 408 g/mol. The Bertz CT molecular complexity index is 919. The molecule has 0 unspecified atom stereocenters. The van der Waals surface area contributed by atoms with Crippen molar-refractivity contribution >= 4 is 22.6 Å². The van der Waals surface area contributed by atoms with Crippen molar-refractivity contribution in [3.8, 4) is 0 Å². The van der Waals surface area contributed by atoms with Crippen molar-refractivity contribution < 1.29 is 4.79 Å². The van der Waals surface area contributed by atoms with Gasteiger partial charge in [-0.25, -0.2) is 4.98 Å². The van der Waals surface area contributed by atoms with E-state index in [0.29, 0.717) is 29.8 Å². The van der Waals surface area contributed by atoms with E-state index in [1.807, 2.05) is 18.5 Å². The van der Waals surface area contributed by atoms with Gasteiger partial charge in [-0.1, -0.05) is 32.1 Å². The Labute approximate surface area is 178 Å². The van der Waals surface area contributed by atoms with Crippen molar-refractivity contribution in [2.45, 2.75) is 76.3 Å². The summed E-state index contributed by atoms with van der Waals surface area (Å²) in [5, 5.41) is 8.47. The maximum atomic E-state index is 13.1. The zero-order valence-electron chi connectivity index (χ0n) is 17.8. The highest BCUT2D eigenvalue weighted by Gasteiger charge is 2.50. The van der Waals surface area contributed by atoms with Crippen LogP contribution in [0.2, 0.25) is 0 Å². The third-order valence-corrected chi connectivity index (χ3v) is 8.44. The number of carbonyl (C=O) groups is 1. The highest BCUT2D eigenvalue weighted by Crippen LogP contribution is 2.45. The van der Waals surface area contributed by atoms with E-state index in [-0.39, 0.29) is 0 Å². The molecule has 1 amide bonds. The number of anilines is 1. The lowest BCUT2D eigenvalue weighted by Gasteiger charge is -2.57. The predicted molar refractivity (Wildman–Crippen MR) is 117 cm³/mol. The molecule has 1 N–H and O–H groups in total. The van der Waals surface area contributed by atoms with E-state index in [9.17, 15) is 4.79 Å². The monoisotopic (exact) mass is 407 g/mol. The van der Waals surface area contributed by atoms with Crippen LogP contribution in [0.3, 0.4) is 0 Å². The average Bonchev–Trinajstić information content (AvgIpc) is 3.26. The Morgan fingerprint density at radius 2 is 1.93 bits per heavy atom. The highest BCUT2D eigenvalue weighted by molar-refractivity contribution is 5.89. The van der Waals surface area contributed by atoms with E-state index in [1.165, 1.54) is 51.4 Å². The van der Waals surface area contributed by atoms with E-state index in [2.05, 4.69) is 20.0 Å². The Balaban J connectivity index is 1.32. The van der Waals surface area contributed by atoms with Gasteiger partial charge in [0.25, 0.3) is 0 Å². The van der Waals surface area contributed by atoms with Crippen LogP contribution in [-0.2, 0) is 4.79 Å². The molecule has 3 saturated heterocycles. The third-order valence-electron chi connectivity index (χ3n) is 8.44. The van der Waals surface area contributed by atoms with Crippen molar-refractivity contribution in [2.75, 3.05) is 18.0 Å². The van der Waals surface area contributed by atoms with Gasteiger partial charge in [-0.2, -0.15) is 5.10 Å². The van der Waals surface area contributed by atoms with Crippen LogP contribution in [0.1, 0.15) is 64.2 Å². The van der Waals surface area contributed by atoms with Gasteiger partial charge in [0.15, 0.2) is 0 Å². The summed E-state index contributed by atoms with van der Waals surface area (Å²) in [6.07, 6.45) is 16.2. The molecule has 0 aromatic carbocycles. The van der Waals surface area contributed by atoms with Crippen molar-refractivity contribution in [1.82, 2.24) is 20.1 Å². The molecule has 2 bridgehead atoms. The first-order valence-corrected chi connectivity index (χ1v) is 12.1. The number of hydrogen-bond donors (Lipinski definition) is 1. The van der Waals surface area contributed by atoms with Gasteiger partial charge in [-0.05, 0) is 49.5 Å². The normalized spacial score (nSPS) is 32.5. The first-order chi connectivity index (χ1) is 14.8. The molecule has 2 aromatic rings. The molecule has 6 heteroatoms. The molecule has 0 radical (unpaired) electrons. The Morgan fingerprint density at radius 1 is 1.07 bits per heavy atom. The Hall–Kier alpha value is -2.11. The molecule has 6 nitrogen and oxygen atoms in total. The second kappa shape index (κ2) is 7.54. The smallest absolute Gasteiger partial charge is 0.223 e. The van der Waals surface area contributed by atoms with Crippen LogP contribution in [0, 0.1) is 17.8 Å². The minimum Gasteiger partial charge on any atom is -0.355 e. The summed E-state index contributed by atoms with van der Waals surface area (Å²) in [6, 6.07) is 2.86. The van der Waals surface area contributed by atoms with Gasteiger partial charge in [0.2, 0.25) is 5.91 Å². The molecule has 1 aliphatic carbocycles. The van der Waals surface area contributed by atoms with Crippen molar-refractivity contribution in [3.05, 3.63) is 18.5 Å². The van der Waals surface area contributed by atoms with Crippen LogP contribution in [0.4, 0.5) is 5.82 Å². The fraction of sp³-hybridized carbons (Fsp3) is 0.708. The molecule has 4 atom stereocenters. The van der Waals surface area contributed by atoms with E-state index in [4.69, 9.17) is 4.98 Å². The minimum atomic E-state index is 0.425. The van der Waals surface area contributed by atoms with Crippen LogP contribution in [0.5, 0.6) is 0 Å². The number of aromatic amines is 1. The number of amides is 1. The molecular weight excluding hydrogens is 374 g/mol. The lowest BCUT2D eigenvalue weighted by Crippen LogP contribution is -2.65. The first kappa shape index (κ1) is 18.6. The number of carbonyl (C=O) groups excluding carboxylic acids is 1. The third kappa shape index (κ3) is 3.10. The summed E-state index contributed by atoms with van der Waals surface area (Å²) in [5.41, 5.74) is 1.06. The largest absolute Gasteiger partial charge is 0.355 e. The predicted octanol–water partition coefficient (Wildman–Crippen LogP) is 4.13. The second-order valence-corrected chi connectivity index (χ2v) is 10.2. The number of fused-ring (bicyclic) bond motifs is 5. The van der Waals surface area contributed by atoms with Gasteiger partial charge in [-0.15, -0.1) is 0 Å². The fourth-order valence-corrected chi connectivity index (χ4v) is 7.12. The van der Waals surface area contributed by atoms with E-state index >= 15 is 0 Å². The maximum Gasteiger partial charge on any atom is 0.223 e. The summed E-state index contributed by atoms with van der Waals surface area (Å²) in [4.78, 5) is 22.8. The molecule has 5 heterocycles. The summed E-state index contributed by atoms with van der Waals surface area (Å²) in [5.74, 6) is 3.45. The lowest BCUT2D eigenvalue weighted by molar-refractivity contribution is -0.149. The number of piperidine rings is 3. The topological polar surface area (TPSA) is 65.1 Å². The number of nitrogens with one attached hydrogen (secondary N) is 1. The number of pyridine rings is 1. The SMILES string of the molecule is O=C1CCC[C@H]2[C@@H]3C[C@@H](CN(c4nccc5[nH]ncc45)C3)[C@H](CC3CCCCC3)N12.